The van der Waals surface area contributed by atoms with Crippen LogP contribution in [0, 0.1) is 5.92 Å². The smallest absolute Gasteiger partial charge is 0.184 e. The van der Waals surface area contributed by atoms with E-state index in [1.807, 2.05) is 0 Å². The fourth-order valence-corrected chi connectivity index (χ4v) is 5.98. The third-order valence-corrected chi connectivity index (χ3v) is 6.48. The topological polar surface area (TPSA) is 21.7 Å². The number of nitrogens with zero attached hydrogens (tertiary/aromatic N) is 1. The Bertz CT molecular complexity index is 330. The molecule has 3 aliphatic heterocycles. The molecule has 0 saturated carbocycles. The van der Waals surface area contributed by atoms with E-state index >= 15 is 0 Å². The second-order valence-corrected chi connectivity index (χ2v) is 17.5. The predicted octanol–water partition coefficient (Wildman–Crippen LogP) is 3.54. The highest BCUT2D eigenvalue weighted by Crippen LogP contribution is 2.42. The number of hydrogen-bond donors (Lipinski definition) is 0. The van der Waals surface area contributed by atoms with Gasteiger partial charge in [-0.25, -0.2) is 0 Å². The summed E-state index contributed by atoms with van der Waals surface area (Å²) in [5.41, 5.74) is 0.0840. The summed E-state index contributed by atoms with van der Waals surface area (Å²) in [6, 6.07) is 0. The molecule has 3 rings (SSSR count). The molecule has 3 saturated heterocycles. The summed E-state index contributed by atoms with van der Waals surface area (Å²) in [5.74, 6) is 0.754. The lowest BCUT2D eigenvalue weighted by Gasteiger charge is -2.55. The molecule has 0 aromatic rings. The van der Waals surface area contributed by atoms with Gasteiger partial charge in [-0.05, 0) is 77.6 Å². The molecule has 3 fully saturated rings. The van der Waals surface area contributed by atoms with Gasteiger partial charge in [0.25, 0.3) is 0 Å². The molecule has 0 amide bonds. The number of rotatable bonds is 6. The average Bonchev–Trinajstić information content (AvgIpc) is 2.25. The van der Waals surface area contributed by atoms with Crippen molar-refractivity contribution in [2.75, 3.05) is 26.2 Å². The van der Waals surface area contributed by atoms with Crippen LogP contribution in [0.15, 0.2) is 0 Å². The minimum atomic E-state index is -1.52. The second kappa shape index (κ2) is 5.84. The standard InChI is InChI=1S/C15H33NO2Si2/c1-19(2,3)17-12-9-15(18-20(4,5)6)13-16-10-7-14(15)8-11-16/h14H,7-13H2,1-6H3. The normalized spacial score (nSPS) is 34.5. The molecule has 3 aliphatic rings. The van der Waals surface area contributed by atoms with Crippen LogP contribution < -0.4 is 0 Å². The Labute approximate surface area is 127 Å². The van der Waals surface area contributed by atoms with E-state index in [4.69, 9.17) is 8.85 Å². The Kier molecular flexibility index (Phi) is 4.87. The minimum Gasteiger partial charge on any atom is -0.418 e. The van der Waals surface area contributed by atoms with Gasteiger partial charge < -0.3 is 13.8 Å². The summed E-state index contributed by atoms with van der Waals surface area (Å²) in [6.45, 7) is 18.4. The van der Waals surface area contributed by atoms with Gasteiger partial charge >= 0.3 is 0 Å². The van der Waals surface area contributed by atoms with Crippen molar-refractivity contribution in [3.63, 3.8) is 0 Å². The maximum Gasteiger partial charge on any atom is 0.184 e. The van der Waals surface area contributed by atoms with Crippen molar-refractivity contribution in [3.05, 3.63) is 0 Å². The molecule has 0 aliphatic carbocycles. The summed E-state index contributed by atoms with van der Waals surface area (Å²) >= 11 is 0. The summed E-state index contributed by atoms with van der Waals surface area (Å²) in [4.78, 5) is 2.61. The fraction of sp³-hybridized carbons (Fsp3) is 1.00. The van der Waals surface area contributed by atoms with Crippen molar-refractivity contribution in [1.82, 2.24) is 4.90 Å². The lowest BCUT2D eigenvalue weighted by Crippen LogP contribution is -2.63. The van der Waals surface area contributed by atoms with Crippen LogP contribution in [-0.4, -0.2) is 53.4 Å². The molecule has 0 aromatic heterocycles. The van der Waals surface area contributed by atoms with Gasteiger partial charge in [-0.1, -0.05) is 0 Å². The number of fused-ring (bicyclic) bond motifs is 3. The zero-order valence-electron chi connectivity index (χ0n) is 14.3. The van der Waals surface area contributed by atoms with Crippen LogP contribution in [0.4, 0.5) is 0 Å². The minimum absolute atomic E-state index is 0.0840. The third kappa shape index (κ3) is 4.40. The Morgan fingerprint density at radius 1 is 1.00 bits per heavy atom. The Morgan fingerprint density at radius 3 is 2.00 bits per heavy atom. The first kappa shape index (κ1) is 16.7. The van der Waals surface area contributed by atoms with E-state index in [9.17, 15) is 0 Å². The molecular weight excluding hydrogens is 282 g/mol. The van der Waals surface area contributed by atoms with E-state index < -0.39 is 16.6 Å². The van der Waals surface area contributed by atoms with E-state index in [0.29, 0.717) is 0 Å². The highest BCUT2D eigenvalue weighted by Gasteiger charge is 2.49. The van der Waals surface area contributed by atoms with Crippen LogP contribution in [0.1, 0.15) is 19.3 Å². The molecule has 118 valence electrons. The maximum absolute atomic E-state index is 6.75. The SMILES string of the molecule is C[Si](C)(C)OCCC1(O[Si](C)(C)C)CN2CCC1CC2. The fourth-order valence-electron chi connectivity index (χ4n) is 3.71. The van der Waals surface area contributed by atoms with Gasteiger partial charge in [-0.3, -0.25) is 0 Å². The van der Waals surface area contributed by atoms with Crippen LogP contribution in [0.2, 0.25) is 39.3 Å². The van der Waals surface area contributed by atoms with Gasteiger partial charge in [0.2, 0.25) is 0 Å². The summed E-state index contributed by atoms with van der Waals surface area (Å²) in [6.07, 6.45) is 3.72. The first-order chi connectivity index (χ1) is 9.10. The van der Waals surface area contributed by atoms with Gasteiger partial charge in [-0.2, -0.15) is 0 Å². The zero-order valence-corrected chi connectivity index (χ0v) is 16.3. The van der Waals surface area contributed by atoms with E-state index in [2.05, 4.69) is 44.2 Å². The average molecular weight is 316 g/mol. The number of hydrogen-bond acceptors (Lipinski definition) is 3. The molecule has 5 heteroatoms. The molecule has 3 nitrogen and oxygen atoms in total. The molecule has 2 bridgehead atoms. The highest BCUT2D eigenvalue weighted by molar-refractivity contribution is 6.70. The summed E-state index contributed by atoms with van der Waals surface area (Å²) in [5, 5.41) is 0. The summed E-state index contributed by atoms with van der Waals surface area (Å²) < 4.78 is 12.9. The third-order valence-electron chi connectivity index (χ3n) is 4.39. The van der Waals surface area contributed by atoms with E-state index in [0.717, 1.165) is 25.5 Å². The second-order valence-electron chi connectivity index (χ2n) is 8.54. The van der Waals surface area contributed by atoms with Crippen molar-refractivity contribution in [1.29, 1.82) is 0 Å². The lowest BCUT2D eigenvalue weighted by atomic mass is 9.74. The molecule has 0 N–H and O–H groups in total. The molecule has 0 radical (unpaired) electrons. The van der Waals surface area contributed by atoms with Crippen LogP contribution in [-0.2, 0) is 8.85 Å². The predicted molar refractivity (Wildman–Crippen MR) is 90.2 cm³/mol. The van der Waals surface area contributed by atoms with Crippen molar-refractivity contribution >= 4 is 16.6 Å². The Balaban J connectivity index is 2.05. The van der Waals surface area contributed by atoms with Gasteiger partial charge in [-0.15, -0.1) is 0 Å². The van der Waals surface area contributed by atoms with E-state index in [1.54, 1.807) is 0 Å². The van der Waals surface area contributed by atoms with Crippen LogP contribution in [0.5, 0.6) is 0 Å². The quantitative estimate of drug-likeness (QED) is 0.700. The highest BCUT2D eigenvalue weighted by atomic mass is 28.4. The first-order valence-electron chi connectivity index (χ1n) is 8.16. The van der Waals surface area contributed by atoms with Crippen molar-refractivity contribution in [2.24, 2.45) is 5.92 Å². The van der Waals surface area contributed by atoms with E-state index in [1.165, 1.54) is 25.9 Å². The summed E-state index contributed by atoms with van der Waals surface area (Å²) in [7, 11) is -2.93. The van der Waals surface area contributed by atoms with Crippen molar-refractivity contribution in [2.45, 2.75) is 64.1 Å². The van der Waals surface area contributed by atoms with Crippen LogP contribution >= 0.6 is 0 Å². The molecule has 3 heterocycles. The largest absolute Gasteiger partial charge is 0.418 e. The lowest BCUT2D eigenvalue weighted by molar-refractivity contribution is -0.108. The van der Waals surface area contributed by atoms with Gasteiger partial charge in [0.1, 0.15) is 0 Å². The molecule has 0 aromatic carbocycles. The van der Waals surface area contributed by atoms with Gasteiger partial charge in [0, 0.05) is 13.2 Å². The van der Waals surface area contributed by atoms with Crippen LogP contribution in [0.3, 0.4) is 0 Å². The van der Waals surface area contributed by atoms with Crippen molar-refractivity contribution < 1.29 is 8.85 Å². The monoisotopic (exact) mass is 315 g/mol. The molecule has 0 spiro atoms. The van der Waals surface area contributed by atoms with E-state index in [-0.39, 0.29) is 5.60 Å². The maximum atomic E-state index is 6.75. The van der Waals surface area contributed by atoms with Crippen LogP contribution in [0.25, 0.3) is 0 Å². The molecule has 1 atom stereocenters. The van der Waals surface area contributed by atoms with Crippen molar-refractivity contribution in [3.8, 4) is 0 Å². The molecule has 1 unspecified atom stereocenters. The Hall–Kier alpha value is 0.314. The first-order valence-corrected chi connectivity index (χ1v) is 15.0. The number of piperidine rings is 3. The molecule has 20 heavy (non-hydrogen) atoms. The molecular formula is C15H33NO2Si2. The Morgan fingerprint density at radius 2 is 1.60 bits per heavy atom. The van der Waals surface area contributed by atoms with Gasteiger partial charge in [0.05, 0.1) is 5.60 Å². The van der Waals surface area contributed by atoms with Gasteiger partial charge in [0.15, 0.2) is 16.6 Å². The zero-order chi connectivity index (χ0) is 15.0.